The van der Waals surface area contributed by atoms with Crippen LogP contribution in [0.3, 0.4) is 0 Å². The van der Waals surface area contributed by atoms with Gasteiger partial charge >= 0.3 is 0 Å². The maximum atomic E-state index is 13.4. The molecule has 2 aromatic carbocycles. The van der Waals surface area contributed by atoms with E-state index < -0.39 is 15.8 Å². The molecule has 0 atom stereocenters. The van der Waals surface area contributed by atoms with Crippen LogP contribution in [-0.4, -0.2) is 18.6 Å². The van der Waals surface area contributed by atoms with Crippen molar-refractivity contribution < 1.29 is 17.3 Å². The van der Waals surface area contributed by atoms with Crippen LogP contribution in [0.4, 0.5) is 10.1 Å². The van der Waals surface area contributed by atoms with E-state index in [2.05, 4.69) is 14.9 Å². The number of aromatic nitrogens is 2. The Morgan fingerprint density at radius 1 is 1.10 bits per heavy atom. The molecule has 4 rings (SSSR count). The Bertz CT molecular complexity index is 1270. The van der Waals surface area contributed by atoms with Gasteiger partial charge in [-0.3, -0.25) is 4.72 Å². The monoisotopic (exact) mass is 429 g/mol. The number of nitrogens with one attached hydrogen (secondary N) is 1. The minimum atomic E-state index is -3.75. The van der Waals surface area contributed by atoms with Crippen molar-refractivity contribution in [1.29, 1.82) is 0 Å². The Kier molecular flexibility index (Phi) is 5.16. The van der Waals surface area contributed by atoms with Crippen LogP contribution in [0, 0.1) is 5.82 Å². The Balaban J connectivity index is 1.58. The molecule has 2 heterocycles. The van der Waals surface area contributed by atoms with E-state index in [9.17, 15) is 12.8 Å². The number of hydrogen-bond acceptors (Lipinski definition) is 6. The molecule has 0 aliphatic heterocycles. The van der Waals surface area contributed by atoms with Gasteiger partial charge in [-0.05, 0) is 42.3 Å². The first kappa shape index (κ1) is 19.3. The van der Waals surface area contributed by atoms with Gasteiger partial charge in [0.05, 0.1) is 5.56 Å². The maximum Gasteiger partial charge on any atom is 0.271 e. The maximum absolute atomic E-state index is 13.4. The van der Waals surface area contributed by atoms with Crippen LogP contribution in [0.5, 0.6) is 0 Å². The molecule has 2 aromatic heterocycles. The van der Waals surface area contributed by atoms with Crippen LogP contribution in [-0.2, 0) is 16.4 Å². The third kappa shape index (κ3) is 4.20. The number of nitrogens with zero attached hydrogens (tertiary/aromatic N) is 2. The van der Waals surface area contributed by atoms with Gasteiger partial charge in [0.2, 0.25) is 5.82 Å². The number of sulfonamides is 1. The second-order valence-corrected chi connectivity index (χ2v) is 9.07. The van der Waals surface area contributed by atoms with Crippen molar-refractivity contribution in [3.63, 3.8) is 0 Å². The molecule has 6 nitrogen and oxygen atoms in total. The predicted molar refractivity (Wildman–Crippen MR) is 110 cm³/mol. The van der Waals surface area contributed by atoms with Crippen LogP contribution in [0.25, 0.3) is 22.8 Å². The summed E-state index contributed by atoms with van der Waals surface area (Å²) in [6, 6.07) is 14.6. The molecule has 1 N–H and O–H groups in total. The largest absolute Gasteiger partial charge is 0.334 e. The number of halogens is 1. The number of hydrogen-bond donors (Lipinski definition) is 1. The molecule has 0 fully saturated rings. The average molecular weight is 429 g/mol. The molecule has 4 aromatic rings. The Morgan fingerprint density at radius 2 is 1.93 bits per heavy atom. The van der Waals surface area contributed by atoms with Crippen molar-refractivity contribution in [2.75, 3.05) is 4.72 Å². The number of benzene rings is 2. The van der Waals surface area contributed by atoms with E-state index in [4.69, 9.17) is 4.52 Å². The molecular formula is C20H16FN3O3S2. The molecule has 0 amide bonds. The number of anilines is 1. The van der Waals surface area contributed by atoms with Crippen molar-refractivity contribution in [2.24, 2.45) is 0 Å². The first-order valence-electron chi connectivity index (χ1n) is 8.75. The van der Waals surface area contributed by atoms with Crippen molar-refractivity contribution in [2.45, 2.75) is 17.6 Å². The summed E-state index contributed by atoms with van der Waals surface area (Å²) in [5.41, 5.74) is 2.49. The van der Waals surface area contributed by atoms with Crippen molar-refractivity contribution in [3.05, 3.63) is 71.4 Å². The second kappa shape index (κ2) is 7.76. The molecule has 0 aliphatic rings. The first-order valence-corrected chi connectivity index (χ1v) is 11.1. The van der Waals surface area contributed by atoms with Gasteiger partial charge in [0.15, 0.2) is 0 Å². The Labute approximate surface area is 171 Å². The minimum absolute atomic E-state index is 0.125. The smallest absolute Gasteiger partial charge is 0.271 e. The fourth-order valence-electron chi connectivity index (χ4n) is 2.72. The zero-order valence-electron chi connectivity index (χ0n) is 15.3. The van der Waals surface area contributed by atoms with Crippen molar-refractivity contribution in [1.82, 2.24) is 10.1 Å². The van der Waals surface area contributed by atoms with Gasteiger partial charge in [-0.25, -0.2) is 12.8 Å². The van der Waals surface area contributed by atoms with Gasteiger partial charge in [-0.2, -0.15) is 4.98 Å². The Hall–Kier alpha value is -3.04. The lowest BCUT2D eigenvalue weighted by Crippen LogP contribution is -2.11. The number of rotatable bonds is 6. The summed E-state index contributed by atoms with van der Waals surface area (Å²) in [4.78, 5) is 4.24. The topological polar surface area (TPSA) is 85.1 Å². The lowest BCUT2D eigenvalue weighted by molar-refractivity contribution is 0.432. The molecule has 0 saturated carbocycles. The average Bonchev–Trinajstić information content (AvgIpc) is 3.38. The lowest BCUT2D eigenvalue weighted by Gasteiger charge is -2.07. The molecule has 29 heavy (non-hydrogen) atoms. The SMILES string of the molecule is CCc1cccc(NS(=O)(=O)c2cc(-c3nc(-c4cccc(F)c4)no3)cs2)c1. The molecular weight excluding hydrogens is 413 g/mol. The van der Waals surface area contributed by atoms with E-state index >= 15 is 0 Å². The van der Waals surface area contributed by atoms with Crippen LogP contribution < -0.4 is 4.72 Å². The highest BCUT2D eigenvalue weighted by Gasteiger charge is 2.20. The molecule has 0 unspecified atom stereocenters. The van der Waals surface area contributed by atoms with Crippen LogP contribution in [0.2, 0.25) is 0 Å². The second-order valence-electron chi connectivity index (χ2n) is 6.25. The van der Waals surface area contributed by atoms with E-state index in [0.29, 0.717) is 16.8 Å². The highest BCUT2D eigenvalue weighted by atomic mass is 32.2. The molecule has 9 heteroatoms. The molecule has 0 bridgehead atoms. The predicted octanol–water partition coefficient (Wildman–Crippen LogP) is 4.97. The van der Waals surface area contributed by atoms with Gasteiger partial charge in [0.25, 0.3) is 15.9 Å². The zero-order chi connectivity index (χ0) is 20.4. The minimum Gasteiger partial charge on any atom is -0.334 e. The number of aryl methyl sites for hydroxylation is 1. The van der Waals surface area contributed by atoms with Crippen LogP contribution >= 0.6 is 11.3 Å². The quantitative estimate of drug-likeness (QED) is 0.468. The summed E-state index contributed by atoms with van der Waals surface area (Å²) in [6.07, 6.45) is 0.809. The van der Waals surface area contributed by atoms with Gasteiger partial charge in [-0.15, -0.1) is 11.3 Å². The molecule has 0 radical (unpaired) electrons. The summed E-state index contributed by atoms with van der Waals surface area (Å²) in [6.45, 7) is 2.00. The molecule has 148 valence electrons. The van der Waals surface area contributed by atoms with Gasteiger partial charge in [-0.1, -0.05) is 36.3 Å². The van der Waals surface area contributed by atoms with Gasteiger partial charge in [0.1, 0.15) is 10.0 Å². The molecule has 0 aliphatic carbocycles. The zero-order valence-corrected chi connectivity index (χ0v) is 16.9. The Morgan fingerprint density at radius 3 is 2.72 bits per heavy atom. The van der Waals surface area contributed by atoms with Crippen LogP contribution in [0.15, 0.2) is 68.7 Å². The third-order valence-electron chi connectivity index (χ3n) is 4.18. The summed E-state index contributed by atoms with van der Waals surface area (Å²) in [5, 5.41) is 5.47. The van der Waals surface area contributed by atoms with Crippen LogP contribution in [0.1, 0.15) is 12.5 Å². The summed E-state index contributed by atoms with van der Waals surface area (Å²) >= 11 is 1.05. The van der Waals surface area contributed by atoms with E-state index in [-0.39, 0.29) is 15.9 Å². The van der Waals surface area contributed by atoms with E-state index in [1.54, 1.807) is 29.6 Å². The summed E-state index contributed by atoms with van der Waals surface area (Å²) in [5.74, 6) is -0.0180. The highest BCUT2D eigenvalue weighted by Crippen LogP contribution is 2.30. The highest BCUT2D eigenvalue weighted by molar-refractivity contribution is 7.94. The first-order chi connectivity index (χ1) is 13.9. The van der Waals surface area contributed by atoms with E-state index in [0.717, 1.165) is 23.3 Å². The fraction of sp³-hybridized carbons (Fsp3) is 0.100. The lowest BCUT2D eigenvalue weighted by atomic mass is 10.1. The molecule has 0 spiro atoms. The molecule has 0 saturated heterocycles. The van der Waals surface area contributed by atoms with Crippen molar-refractivity contribution in [3.8, 4) is 22.8 Å². The van der Waals surface area contributed by atoms with E-state index in [1.807, 2.05) is 19.1 Å². The van der Waals surface area contributed by atoms with E-state index in [1.165, 1.54) is 18.2 Å². The standard InChI is InChI=1S/C20H16FN3O3S2/c1-2-13-5-3-8-17(9-13)24-29(25,26)18-11-15(12-28-18)20-22-19(23-27-20)14-6-4-7-16(21)10-14/h3-12,24H,2H2,1H3. The summed E-state index contributed by atoms with van der Waals surface area (Å²) < 4.78 is 46.7. The summed E-state index contributed by atoms with van der Waals surface area (Å²) in [7, 11) is -3.75. The number of thiophene rings is 1. The third-order valence-corrected chi connectivity index (χ3v) is 7.00. The van der Waals surface area contributed by atoms with Crippen molar-refractivity contribution >= 4 is 27.0 Å². The fourth-order valence-corrected chi connectivity index (χ4v) is 4.92. The van der Waals surface area contributed by atoms with Gasteiger partial charge < -0.3 is 4.52 Å². The van der Waals surface area contributed by atoms with Gasteiger partial charge in [0, 0.05) is 16.6 Å². The normalized spacial score (nSPS) is 11.5.